The van der Waals surface area contributed by atoms with Gasteiger partial charge in [-0.3, -0.25) is 9.69 Å². The molecule has 25 heavy (non-hydrogen) atoms. The van der Waals surface area contributed by atoms with E-state index < -0.39 is 0 Å². The molecule has 0 unspecified atom stereocenters. The molecule has 0 aromatic heterocycles. The summed E-state index contributed by atoms with van der Waals surface area (Å²) < 4.78 is 19.2. The third kappa shape index (κ3) is 6.40. The van der Waals surface area contributed by atoms with E-state index in [2.05, 4.69) is 11.8 Å². The van der Waals surface area contributed by atoms with Crippen molar-refractivity contribution in [3.05, 3.63) is 35.1 Å². The summed E-state index contributed by atoms with van der Waals surface area (Å²) in [5.41, 5.74) is 1.01. The maximum atomic E-state index is 13.8. The SMILES string of the molecule is CCCCCCN(CCN1CCOCC1)C(=O)c1ccc(C)c(F)c1. The average molecular weight is 350 g/mol. The second kappa shape index (κ2) is 10.5. The summed E-state index contributed by atoms with van der Waals surface area (Å²) in [6.07, 6.45) is 4.48. The zero-order valence-electron chi connectivity index (χ0n) is 15.6. The van der Waals surface area contributed by atoms with E-state index in [1.165, 1.54) is 18.9 Å². The third-order valence-electron chi connectivity index (χ3n) is 4.78. The van der Waals surface area contributed by atoms with E-state index in [-0.39, 0.29) is 11.7 Å². The Morgan fingerprint density at radius 3 is 2.64 bits per heavy atom. The molecular formula is C20H31FN2O2. The molecule has 1 aliphatic heterocycles. The van der Waals surface area contributed by atoms with Crippen LogP contribution in [-0.2, 0) is 4.74 Å². The van der Waals surface area contributed by atoms with Gasteiger partial charge in [-0.25, -0.2) is 4.39 Å². The normalized spacial score (nSPS) is 15.3. The van der Waals surface area contributed by atoms with E-state index in [4.69, 9.17) is 4.74 Å². The van der Waals surface area contributed by atoms with Crippen molar-refractivity contribution in [1.82, 2.24) is 9.80 Å². The minimum atomic E-state index is -0.315. The van der Waals surface area contributed by atoms with Gasteiger partial charge in [0, 0.05) is 38.3 Å². The molecule has 0 aliphatic carbocycles. The van der Waals surface area contributed by atoms with Crippen LogP contribution in [-0.4, -0.2) is 61.6 Å². The summed E-state index contributed by atoms with van der Waals surface area (Å²) >= 11 is 0. The fourth-order valence-electron chi connectivity index (χ4n) is 3.04. The van der Waals surface area contributed by atoms with Gasteiger partial charge >= 0.3 is 0 Å². The summed E-state index contributed by atoms with van der Waals surface area (Å²) in [6.45, 7) is 9.49. The lowest BCUT2D eigenvalue weighted by molar-refractivity contribution is 0.0324. The van der Waals surface area contributed by atoms with E-state index >= 15 is 0 Å². The van der Waals surface area contributed by atoms with E-state index in [1.54, 1.807) is 19.1 Å². The molecule has 2 rings (SSSR count). The summed E-state index contributed by atoms with van der Waals surface area (Å²) in [5, 5.41) is 0. The van der Waals surface area contributed by atoms with Crippen molar-refractivity contribution in [3.63, 3.8) is 0 Å². The number of nitrogens with zero attached hydrogens (tertiary/aromatic N) is 2. The van der Waals surface area contributed by atoms with Gasteiger partial charge in [-0.15, -0.1) is 0 Å². The molecule has 1 fully saturated rings. The number of aryl methyl sites for hydroxylation is 1. The Balaban J connectivity index is 1.97. The number of ether oxygens (including phenoxy) is 1. The molecule has 1 amide bonds. The van der Waals surface area contributed by atoms with Gasteiger partial charge in [0.1, 0.15) is 5.82 Å². The largest absolute Gasteiger partial charge is 0.379 e. The van der Waals surface area contributed by atoms with E-state index in [1.807, 2.05) is 4.90 Å². The molecule has 5 heteroatoms. The maximum absolute atomic E-state index is 13.8. The lowest BCUT2D eigenvalue weighted by Gasteiger charge is -2.30. The van der Waals surface area contributed by atoms with Crippen LogP contribution < -0.4 is 0 Å². The maximum Gasteiger partial charge on any atom is 0.254 e. The number of carbonyl (C=O) groups is 1. The first kappa shape index (κ1) is 19.9. The zero-order valence-corrected chi connectivity index (χ0v) is 15.6. The van der Waals surface area contributed by atoms with Gasteiger partial charge in [0.25, 0.3) is 5.91 Å². The molecular weight excluding hydrogens is 319 g/mol. The predicted molar refractivity (Wildman–Crippen MR) is 98.4 cm³/mol. The first-order valence-corrected chi connectivity index (χ1v) is 9.47. The fraction of sp³-hybridized carbons (Fsp3) is 0.650. The lowest BCUT2D eigenvalue weighted by atomic mass is 10.1. The fourth-order valence-corrected chi connectivity index (χ4v) is 3.04. The Bertz CT molecular complexity index is 544. The number of rotatable bonds is 9. The second-order valence-corrected chi connectivity index (χ2v) is 6.77. The van der Waals surface area contributed by atoms with E-state index in [0.29, 0.717) is 17.7 Å². The molecule has 140 valence electrons. The average Bonchev–Trinajstić information content (AvgIpc) is 2.63. The lowest BCUT2D eigenvalue weighted by Crippen LogP contribution is -2.43. The number of amides is 1. The molecule has 0 spiro atoms. The Labute approximate surface area is 150 Å². The van der Waals surface area contributed by atoms with Crippen molar-refractivity contribution in [2.45, 2.75) is 39.5 Å². The van der Waals surface area contributed by atoms with Gasteiger partial charge in [-0.2, -0.15) is 0 Å². The van der Waals surface area contributed by atoms with Crippen LogP contribution in [0.25, 0.3) is 0 Å². The zero-order chi connectivity index (χ0) is 18.1. The van der Waals surface area contributed by atoms with Crippen LogP contribution in [0.1, 0.15) is 48.5 Å². The van der Waals surface area contributed by atoms with Crippen molar-refractivity contribution in [3.8, 4) is 0 Å². The molecule has 1 saturated heterocycles. The minimum absolute atomic E-state index is 0.0661. The van der Waals surface area contributed by atoms with Crippen molar-refractivity contribution in [2.75, 3.05) is 45.9 Å². The monoisotopic (exact) mass is 350 g/mol. The highest BCUT2D eigenvalue weighted by Gasteiger charge is 2.18. The van der Waals surface area contributed by atoms with Crippen molar-refractivity contribution >= 4 is 5.91 Å². The van der Waals surface area contributed by atoms with Crippen LogP contribution in [0.3, 0.4) is 0 Å². The quantitative estimate of drug-likeness (QED) is 0.639. The van der Waals surface area contributed by atoms with Gasteiger partial charge < -0.3 is 9.64 Å². The molecule has 0 atom stereocenters. The number of hydrogen-bond acceptors (Lipinski definition) is 3. The van der Waals surface area contributed by atoms with Crippen LogP contribution in [0.2, 0.25) is 0 Å². The van der Waals surface area contributed by atoms with E-state index in [0.717, 1.165) is 52.2 Å². The minimum Gasteiger partial charge on any atom is -0.379 e. The number of unbranched alkanes of at least 4 members (excludes halogenated alkanes) is 3. The number of halogens is 1. The Morgan fingerprint density at radius 1 is 1.20 bits per heavy atom. The smallest absolute Gasteiger partial charge is 0.254 e. The summed E-state index contributed by atoms with van der Waals surface area (Å²) in [4.78, 5) is 17.1. The van der Waals surface area contributed by atoms with Crippen LogP contribution in [0.5, 0.6) is 0 Å². The summed E-state index contributed by atoms with van der Waals surface area (Å²) in [6, 6.07) is 4.78. The first-order valence-electron chi connectivity index (χ1n) is 9.47. The molecule has 4 nitrogen and oxygen atoms in total. The molecule has 1 aromatic carbocycles. The van der Waals surface area contributed by atoms with Crippen LogP contribution in [0.4, 0.5) is 4.39 Å². The molecule has 0 saturated carbocycles. The Morgan fingerprint density at radius 2 is 1.96 bits per heavy atom. The van der Waals surface area contributed by atoms with Gasteiger partial charge in [0.15, 0.2) is 0 Å². The number of benzene rings is 1. The predicted octanol–water partition coefficient (Wildman–Crippen LogP) is 3.49. The van der Waals surface area contributed by atoms with E-state index in [9.17, 15) is 9.18 Å². The molecule has 1 heterocycles. The van der Waals surface area contributed by atoms with Crippen LogP contribution in [0, 0.1) is 12.7 Å². The highest BCUT2D eigenvalue weighted by atomic mass is 19.1. The number of hydrogen-bond donors (Lipinski definition) is 0. The van der Waals surface area contributed by atoms with Gasteiger partial charge in [-0.05, 0) is 31.0 Å². The Kier molecular flexibility index (Phi) is 8.35. The summed E-state index contributed by atoms with van der Waals surface area (Å²) in [7, 11) is 0. The van der Waals surface area contributed by atoms with Gasteiger partial charge in [0.05, 0.1) is 13.2 Å². The topological polar surface area (TPSA) is 32.8 Å². The highest BCUT2D eigenvalue weighted by Crippen LogP contribution is 2.13. The van der Waals surface area contributed by atoms with Crippen LogP contribution >= 0.6 is 0 Å². The molecule has 0 N–H and O–H groups in total. The first-order chi connectivity index (χ1) is 12.1. The Hall–Kier alpha value is -1.46. The number of carbonyl (C=O) groups excluding carboxylic acids is 1. The van der Waals surface area contributed by atoms with Gasteiger partial charge in [0.2, 0.25) is 0 Å². The molecule has 1 aromatic rings. The third-order valence-corrected chi connectivity index (χ3v) is 4.78. The molecule has 0 radical (unpaired) electrons. The molecule has 0 bridgehead atoms. The van der Waals surface area contributed by atoms with Crippen molar-refractivity contribution in [1.29, 1.82) is 0 Å². The van der Waals surface area contributed by atoms with Crippen molar-refractivity contribution < 1.29 is 13.9 Å². The van der Waals surface area contributed by atoms with Crippen LogP contribution in [0.15, 0.2) is 18.2 Å². The molecule has 1 aliphatic rings. The van der Waals surface area contributed by atoms with Gasteiger partial charge in [-0.1, -0.05) is 32.3 Å². The summed E-state index contributed by atoms with van der Waals surface area (Å²) in [5.74, 6) is -0.381. The standard InChI is InChI=1S/C20H31FN2O2/c1-3-4-5-6-9-23(11-10-22-12-14-25-15-13-22)20(24)18-8-7-17(2)19(21)16-18/h7-8,16H,3-6,9-15H2,1-2H3. The highest BCUT2D eigenvalue weighted by molar-refractivity contribution is 5.94. The van der Waals surface area contributed by atoms with Crippen molar-refractivity contribution in [2.24, 2.45) is 0 Å². The second-order valence-electron chi connectivity index (χ2n) is 6.77. The number of morpholine rings is 1.